The molecule has 1 aromatic rings. The van der Waals surface area contributed by atoms with Crippen molar-refractivity contribution in [1.29, 1.82) is 0 Å². The Labute approximate surface area is 126 Å². The largest absolute Gasteiger partial charge is 0.377 e. The van der Waals surface area contributed by atoms with Gasteiger partial charge >= 0.3 is 0 Å². The summed E-state index contributed by atoms with van der Waals surface area (Å²) in [6.45, 7) is 8.08. The third-order valence-corrected chi connectivity index (χ3v) is 5.01. The van der Waals surface area contributed by atoms with Gasteiger partial charge in [0.2, 0.25) is 5.89 Å². The highest BCUT2D eigenvalue weighted by molar-refractivity contribution is 4.99. The summed E-state index contributed by atoms with van der Waals surface area (Å²) in [5, 5.41) is 3.92. The van der Waals surface area contributed by atoms with E-state index in [2.05, 4.69) is 33.9 Å². The van der Waals surface area contributed by atoms with Gasteiger partial charge in [0.05, 0.1) is 5.60 Å². The van der Waals surface area contributed by atoms with E-state index >= 15 is 0 Å². The van der Waals surface area contributed by atoms with Crippen molar-refractivity contribution < 1.29 is 9.26 Å². The highest BCUT2D eigenvalue weighted by Crippen LogP contribution is 2.42. The van der Waals surface area contributed by atoms with E-state index in [4.69, 9.17) is 9.26 Å². The molecule has 2 aliphatic rings. The molecule has 0 bridgehead atoms. The first-order chi connectivity index (χ1) is 10.0. The maximum absolute atomic E-state index is 5.83. The minimum atomic E-state index is -0.0226. The molecule has 0 aromatic carbocycles. The summed E-state index contributed by atoms with van der Waals surface area (Å²) in [5.41, 5.74) is -0.0226. The smallest absolute Gasteiger partial charge is 0.245 e. The van der Waals surface area contributed by atoms with Crippen LogP contribution in [0.15, 0.2) is 4.52 Å². The van der Waals surface area contributed by atoms with E-state index in [0.29, 0.717) is 11.7 Å². The Balaban J connectivity index is 1.68. The van der Waals surface area contributed by atoms with Crippen molar-refractivity contribution >= 4 is 0 Å². The number of hydrogen-bond donors (Lipinski definition) is 0. The van der Waals surface area contributed by atoms with Crippen molar-refractivity contribution in [3.63, 3.8) is 0 Å². The van der Waals surface area contributed by atoms with Gasteiger partial charge in [0.15, 0.2) is 5.82 Å². The van der Waals surface area contributed by atoms with Crippen LogP contribution in [0.5, 0.6) is 0 Å². The van der Waals surface area contributed by atoms with Crippen LogP contribution >= 0.6 is 0 Å². The normalized spacial score (nSPS) is 27.7. The Bertz CT molecular complexity index is 488. The Hall–Kier alpha value is -0.980. The molecule has 6 nitrogen and oxygen atoms in total. The molecule has 6 heteroatoms. The van der Waals surface area contributed by atoms with E-state index in [9.17, 15) is 0 Å². The van der Waals surface area contributed by atoms with Gasteiger partial charge in [-0.1, -0.05) is 5.16 Å². The van der Waals surface area contributed by atoms with Crippen LogP contribution < -0.4 is 0 Å². The second kappa shape index (κ2) is 5.66. The second-order valence-electron chi connectivity index (χ2n) is 6.70. The maximum atomic E-state index is 5.83. The summed E-state index contributed by atoms with van der Waals surface area (Å²) >= 11 is 0. The van der Waals surface area contributed by atoms with Crippen LogP contribution in [0.1, 0.15) is 37.5 Å². The summed E-state index contributed by atoms with van der Waals surface area (Å²) in [6, 6.07) is 0.181. The van der Waals surface area contributed by atoms with E-state index in [1.54, 1.807) is 0 Å². The van der Waals surface area contributed by atoms with Crippen LogP contribution in [0, 0.1) is 12.8 Å². The van der Waals surface area contributed by atoms with Crippen LogP contribution in [0.3, 0.4) is 0 Å². The van der Waals surface area contributed by atoms with Crippen molar-refractivity contribution in [1.82, 2.24) is 19.9 Å². The molecule has 1 saturated carbocycles. The first-order valence-corrected chi connectivity index (χ1v) is 7.80. The minimum Gasteiger partial charge on any atom is -0.377 e. The molecule has 0 spiro atoms. The summed E-state index contributed by atoms with van der Waals surface area (Å²) in [7, 11) is 3.96. The van der Waals surface area contributed by atoms with Crippen molar-refractivity contribution in [3.8, 4) is 0 Å². The number of hydrogen-bond acceptors (Lipinski definition) is 6. The van der Waals surface area contributed by atoms with Crippen molar-refractivity contribution in [2.45, 2.75) is 38.3 Å². The van der Waals surface area contributed by atoms with Gasteiger partial charge < -0.3 is 9.26 Å². The number of methoxy groups -OCH3 is 1. The van der Waals surface area contributed by atoms with Crippen LogP contribution in [-0.2, 0) is 4.74 Å². The molecule has 3 rings (SSSR count). The second-order valence-corrected chi connectivity index (χ2v) is 6.70. The predicted octanol–water partition coefficient (Wildman–Crippen LogP) is 1.48. The van der Waals surface area contributed by atoms with E-state index in [-0.39, 0.29) is 11.6 Å². The maximum Gasteiger partial charge on any atom is 0.245 e. The lowest BCUT2D eigenvalue weighted by atomic mass is 9.98. The Kier molecular flexibility index (Phi) is 4.03. The predicted molar refractivity (Wildman–Crippen MR) is 79.0 cm³/mol. The molecular formula is C15H26N4O2. The number of piperazine rings is 1. The van der Waals surface area contributed by atoms with Gasteiger partial charge in [0, 0.05) is 33.3 Å². The summed E-state index contributed by atoms with van der Waals surface area (Å²) in [5.74, 6) is 2.15. The molecule has 0 amide bonds. The molecule has 2 atom stereocenters. The number of aromatic nitrogens is 2. The monoisotopic (exact) mass is 294 g/mol. The number of likely N-dealkylation sites (N-methyl/N-ethyl adjacent to an activating group) is 1. The quantitative estimate of drug-likeness (QED) is 0.820. The van der Waals surface area contributed by atoms with Gasteiger partial charge in [-0.15, -0.1) is 0 Å². The highest BCUT2D eigenvalue weighted by atomic mass is 16.5. The third kappa shape index (κ3) is 3.12. The lowest BCUT2D eigenvalue weighted by Crippen LogP contribution is -2.52. The lowest BCUT2D eigenvalue weighted by Gasteiger charge is -2.41. The number of nitrogens with zero attached hydrogens (tertiary/aromatic N) is 4. The third-order valence-electron chi connectivity index (χ3n) is 5.01. The van der Waals surface area contributed by atoms with E-state index < -0.39 is 0 Å². The van der Waals surface area contributed by atoms with Gasteiger partial charge in [-0.3, -0.25) is 9.80 Å². The molecule has 21 heavy (non-hydrogen) atoms. The van der Waals surface area contributed by atoms with Crippen molar-refractivity contribution in [2.24, 2.45) is 5.92 Å². The number of ether oxygens (including phenoxy) is 1. The van der Waals surface area contributed by atoms with Crippen LogP contribution in [-0.4, -0.2) is 65.9 Å². The molecular weight excluding hydrogens is 268 g/mol. The van der Waals surface area contributed by atoms with Gasteiger partial charge in [0.25, 0.3) is 0 Å². The van der Waals surface area contributed by atoms with Gasteiger partial charge in [-0.25, -0.2) is 0 Å². The van der Waals surface area contributed by atoms with Gasteiger partial charge in [-0.05, 0) is 39.7 Å². The molecule has 0 N–H and O–H groups in total. The van der Waals surface area contributed by atoms with E-state index in [1.165, 1.54) is 12.8 Å². The number of rotatable bonds is 5. The fraction of sp³-hybridized carbons (Fsp3) is 0.867. The minimum absolute atomic E-state index is 0.0226. The highest BCUT2D eigenvalue weighted by Gasteiger charge is 2.44. The average Bonchev–Trinajstić information content (AvgIpc) is 3.24. The van der Waals surface area contributed by atoms with Crippen molar-refractivity contribution in [3.05, 3.63) is 11.7 Å². The molecule has 2 heterocycles. The lowest BCUT2D eigenvalue weighted by molar-refractivity contribution is -0.0540. The Morgan fingerprint density at radius 2 is 2.14 bits per heavy atom. The fourth-order valence-electron chi connectivity index (χ4n) is 3.29. The van der Waals surface area contributed by atoms with Crippen LogP contribution in [0.2, 0.25) is 0 Å². The molecule has 0 radical (unpaired) electrons. The standard InChI is InChI=1S/C15H26N4O2/c1-11-16-14(21-17-11)13-9-19(8-7-18(13)3)10-15(2,20-4)12-5-6-12/h12-13H,5-10H2,1-4H3. The van der Waals surface area contributed by atoms with E-state index in [0.717, 1.165) is 32.1 Å². The first kappa shape index (κ1) is 14.9. The average molecular weight is 294 g/mol. The Morgan fingerprint density at radius 1 is 1.38 bits per heavy atom. The molecule has 118 valence electrons. The molecule has 1 aliphatic carbocycles. The topological polar surface area (TPSA) is 54.6 Å². The summed E-state index contributed by atoms with van der Waals surface area (Å²) < 4.78 is 11.2. The fourth-order valence-corrected chi connectivity index (χ4v) is 3.29. The molecule has 2 fully saturated rings. The SMILES string of the molecule is COC(C)(CN1CCN(C)C(c2nc(C)no2)C1)C1CC1. The molecule has 2 unspecified atom stereocenters. The summed E-state index contributed by atoms with van der Waals surface area (Å²) in [4.78, 5) is 9.18. The van der Waals surface area contributed by atoms with E-state index in [1.807, 2.05) is 14.0 Å². The van der Waals surface area contributed by atoms with Gasteiger partial charge in [-0.2, -0.15) is 4.98 Å². The first-order valence-electron chi connectivity index (χ1n) is 7.80. The molecule has 1 aliphatic heterocycles. The van der Waals surface area contributed by atoms with Crippen LogP contribution in [0.25, 0.3) is 0 Å². The zero-order valence-corrected chi connectivity index (χ0v) is 13.5. The number of aryl methyl sites for hydroxylation is 1. The Morgan fingerprint density at radius 3 is 2.71 bits per heavy atom. The van der Waals surface area contributed by atoms with Crippen molar-refractivity contribution in [2.75, 3.05) is 40.3 Å². The summed E-state index contributed by atoms with van der Waals surface area (Å²) in [6.07, 6.45) is 2.59. The zero-order chi connectivity index (χ0) is 15.0. The zero-order valence-electron chi connectivity index (χ0n) is 13.5. The molecule has 1 aromatic heterocycles. The van der Waals surface area contributed by atoms with Gasteiger partial charge in [0.1, 0.15) is 6.04 Å². The van der Waals surface area contributed by atoms with Crippen LogP contribution in [0.4, 0.5) is 0 Å². The molecule has 1 saturated heterocycles.